The van der Waals surface area contributed by atoms with Gasteiger partial charge >= 0.3 is 18.0 Å². The number of alkyl halides is 3. The van der Waals surface area contributed by atoms with Crippen molar-refractivity contribution in [3.05, 3.63) is 90.0 Å². The van der Waals surface area contributed by atoms with Gasteiger partial charge < -0.3 is 15.7 Å². The Bertz CT molecular complexity index is 1100. The number of anilines is 1. The van der Waals surface area contributed by atoms with Crippen molar-refractivity contribution in [2.45, 2.75) is 18.7 Å². The van der Waals surface area contributed by atoms with E-state index < -0.39 is 29.2 Å². The molecule has 3 rings (SSSR count). The van der Waals surface area contributed by atoms with Crippen LogP contribution < -0.4 is 10.6 Å². The maximum absolute atomic E-state index is 12.8. The van der Waals surface area contributed by atoms with Crippen molar-refractivity contribution in [2.24, 2.45) is 0 Å². The molecule has 0 bridgehead atoms. The Balaban J connectivity index is 1.60. The molecule has 0 heterocycles. The highest BCUT2D eigenvalue weighted by Crippen LogP contribution is 2.30. The molecule has 0 aliphatic heterocycles. The molecule has 166 valence electrons. The summed E-state index contributed by atoms with van der Waals surface area (Å²) in [6, 6.07) is 20.7. The van der Waals surface area contributed by atoms with Crippen molar-refractivity contribution in [1.29, 1.82) is 0 Å². The summed E-state index contributed by atoms with van der Waals surface area (Å²) in [5.41, 5.74) is -0.0917. The maximum atomic E-state index is 12.8. The van der Waals surface area contributed by atoms with Crippen LogP contribution in [-0.4, -0.2) is 23.5 Å². The van der Waals surface area contributed by atoms with Gasteiger partial charge in [-0.15, -0.1) is 0 Å². The monoisotopic (exact) mass is 442 g/mol. The van der Waals surface area contributed by atoms with Crippen LogP contribution in [0, 0.1) is 0 Å². The van der Waals surface area contributed by atoms with Crippen LogP contribution in [0.2, 0.25) is 0 Å². The van der Waals surface area contributed by atoms with Gasteiger partial charge in [-0.1, -0.05) is 60.7 Å². The Hall–Kier alpha value is -3.65. The Morgan fingerprint density at radius 1 is 0.812 bits per heavy atom. The molecule has 32 heavy (non-hydrogen) atoms. The van der Waals surface area contributed by atoms with Gasteiger partial charge in [0.15, 0.2) is 0 Å². The van der Waals surface area contributed by atoms with Crippen molar-refractivity contribution in [3.8, 4) is 11.1 Å². The van der Waals surface area contributed by atoms with Gasteiger partial charge in [-0.3, -0.25) is 9.59 Å². The normalized spacial score (nSPS) is 13.2. The van der Waals surface area contributed by atoms with E-state index in [1.54, 1.807) is 12.1 Å². The van der Waals surface area contributed by atoms with E-state index in [0.29, 0.717) is 5.56 Å². The van der Waals surface area contributed by atoms with Crippen molar-refractivity contribution in [3.63, 3.8) is 0 Å². The smallest absolute Gasteiger partial charge is 0.384 e. The molecule has 3 aromatic carbocycles. The lowest BCUT2D eigenvalue weighted by atomic mass is 9.93. The van der Waals surface area contributed by atoms with Crippen LogP contribution in [0.15, 0.2) is 78.9 Å². The average molecular weight is 442 g/mol. The molecule has 0 radical (unpaired) electrons. The van der Waals surface area contributed by atoms with Crippen molar-refractivity contribution >= 4 is 17.5 Å². The lowest BCUT2D eigenvalue weighted by molar-refractivity contribution is -0.137. The largest absolute Gasteiger partial charge is 0.416 e. The Morgan fingerprint density at radius 3 is 2.06 bits per heavy atom. The summed E-state index contributed by atoms with van der Waals surface area (Å²) in [6.07, 6.45) is -4.57. The number of carbonyl (C=O) groups excluding carboxylic acids is 2. The fourth-order valence-corrected chi connectivity index (χ4v) is 3.05. The van der Waals surface area contributed by atoms with Gasteiger partial charge in [0.2, 0.25) is 0 Å². The molecule has 0 aliphatic carbocycles. The summed E-state index contributed by atoms with van der Waals surface area (Å²) >= 11 is 0. The third-order valence-corrected chi connectivity index (χ3v) is 4.86. The predicted octanol–water partition coefficient (Wildman–Crippen LogP) is 4.33. The molecule has 0 fully saturated rings. The van der Waals surface area contributed by atoms with E-state index in [1.807, 2.05) is 42.5 Å². The van der Waals surface area contributed by atoms with Crippen LogP contribution in [0.1, 0.15) is 18.1 Å². The van der Waals surface area contributed by atoms with Crippen molar-refractivity contribution < 1.29 is 27.9 Å². The van der Waals surface area contributed by atoms with E-state index >= 15 is 0 Å². The zero-order valence-corrected chi connectivity index (χ0v) is 17.1. The van der Waals surface area contributed by atoms with Gasteiger partial charge in [-0.25, -0.2) is 0 Å². The first kappa shape index (κ1) is 23.0. The first-order valence-corrected chi connectivity index (χ1v) is 9.71. The molecular weight excluding hydrogens is 421 g/mol. The SMILES string of the molecule is C[C@@](O)(CNC(=O)C(=O)Nc1cccc(C(F)(F)F)c1)c1ccc(-c2ccccc2)cc1. The van der Waals surface area contributed by atoms with Crippen molar-refractivity contribution in [2.75, 3.05) is 11.9 Å². The highest BCUT2D eigenvalue weighted by atomic mass is 19.4. The summed E-state index contributed by atoms with van der Waals surface area (Å²) in [6.45, 7) is 1.21. The average Bonchev–Trinajstić information content (AvgIpc) is 2.78. The minimum Gasteiger partial charge on any atom is -0.384 e. The van der Waals surface area contributed by atoms with Gasteiger partial charge in [0.05, 0.1) is 12.1 Å². The van der Waals surface area contributed by atoms with E-state index in [2.05, 4.69) is 10.6 Å². The fraction of sp³-hybridized carbons (Fsp3) is 0.167. The molecule has 0 aromatic heterocycles. The number of carbonyl (C=O) groups is 2. The Morgan fingerprint density at radius 2 is 1.44 bits per heavy atom. The highest BCUT2D eigenvalue weighted by Gasteiger charge is 2.31. The van der Waals surface area contributed by atoms with E-state index in [9.17, 15) is 27.9 Å². The van der Waals surface area contributed by atoms with Crippen LogP contribution in [0.4, 0.5) is 18.9 Å². The summed E-state index contributed by atoms with van der Waals surface area (Å²) < 4.78 is 38.3. The summed E-state index contributed by atoms with van der Waals surface area (Å²) in [7, 11) is 0. The van der Waals surface area contributed by atoms with E-state index in [1.165, 1.54) is 13.0 Å². The number of rotatable bonds is 5. The molecule has 0 saturated carbocycles. The molecule has 0 spiro atoms. The topological polar surface area (TPSA) is 78.4 Å². The molecule has 8 heteroatoms. The molecule has 0 unspecified atom stereocenters. The minimum atomic E-state index is -4.57. The lowest BCUT2D eigenvalue weighted by Gasteiger charge is -2.24. The lowest BCUT2D eigenvalue weighted by Crippen LogP contribution is -2.43. The van der Waals surface area contributed by atoms with Gasteiger partial charge in [0.1, 0.15) is 5.60 Å². The molecular formula is C24H21F3N2O3. The quantitative estimate of drug-likeness (QED) is 0.515. The van der Waals surface area contributed by atoms with Gasteiger partial charge in [-0.2, -0.15) is 13.2 Å². The van der Waals surface area contributed by atoms with Gasteiger partial charge in [0.25, 0.3) is 0 Å². The molecule has 0 aliphatic rings. The second-order valence-electron chi connectivity index (χ2n) is 7.43. The fourth-order valence-electron chi connectivity index (χ4n) is 3.05. The molecule has 5 nitrogen and oxygen atoms in total. The minimum absolute atomic E-state index is 0.164. The predicted molar refractivity (Wildman–Crippen MR) is 115 cm³/mol. The van der Waals surface area contributed by atoms with Crippen LogP contribution in [0.25, 0.3) is 11.1 Å². The standard InChI is InChI=1S/C24H21F3N2O3/c1-23(32,18-12-10-17(11-13-18)16-6-3-2-4-7-16)15-28-21(30)22(31)29-20-9-5-8-19(14-20)24(25,26)27/h2-14,32H,15H2,1H3,(H,28,30)(H,29,31)/t23-/m1/s1. The first-order valence-electron chi connectivity index (χ1n) is 9.71. The van der Waals surface area contributed by atoms with Gasteiger partial charge in [-0.05, 0) is 41.8 Å². The molecule has 3 N–H and O–H groups in total. The van der Waals surface area contributed by atoms with E-state index in [4.69, 9.17) is 0 Å². The number of hydrogen-bond donors (Lipinski definition) is 3. The first-order chi connectivity index (χ1) is 15.1. The molecule has 3 aromatic rings. The summed E-state index contributed by atoms with van der Waals surface area (Å²) in [4.78, 5) is 24.1. The van der Waals surface area contributed by atoms with E-state index in [-0.39, 0.29) is 12.2 Å². The number of hydrogen-bond acceptors (Lipinski definition) is 3. The molecule has 0 saturated heterocycles. The summed E-state index contributed by atoms with van der Waals surface area (Å²) in [5, 5.41) is 15.2. The third-order valence-electron chi connectivity index (χ3n) is 4.86. The molecule has 1 atom stereocenters. The number of halogens is 3. The zero-order chi connectivity index (χ0) is 23.4. The Kier molecular flexibility index (Phi) is 6.64. The highest BCUT2D eigenvalue weighted by molar-refractivity contribution is 6.39. The summed E-state index contributed by atoms with van der Waals surface area (Å²) in [5.74, 6) is -2.22. The Labute approximate surface area is 182 Å². The van der Waals surface area contributed by atoms with Gasteiger partial charge in [0, 0.05) is 5.69 Å². The second-order valence-corrected chi connectivity index (χ2v) is 7.43. The van der Waals surface area contributed by atoms with Crippen molar-refractivity contribution in [1.82, 2.24) is 5.32 Å². The van der Waals surface area contributed by atoms with E-state index in [0.717, 1.165) is 29.3 Å². The number of nitrogens with one attached hydrogen (secondary N) is 2. The number of amides is 2. The maximum Gasteiger partial charge on any atom is 0.416 e. The second kappa shape index (κ2) is 9.23. The third kappa shape index (κ3) is 5.73. The number of benzene rings is 3. The van der Waals surface area contributed by atoms with Crippen LogP contribution >= 0.6 is 0 Å². The van der Waals surface area contributed by atoms with Crippen LogP contribution in [-0.2, 0) is 21.4 Å². The van der Waals surface area contributed by atoms with Crippen LogP contribution in [0.5, 0.6) is 0 Å². The molecule has 2 amide bonds. The van der Waals surface area contributed by atoms with Crippen LogP contribution in [0.3, 0.4) is 0 Å². The zero-order valence-electron chi connectivity index (χ0n) is 17.1. The number of aliphatic hydroxyl groups is 1.